The molecule has 0 saturated heterocycles. The molecule has 2 rings (SSSR count). The van der Waals surface area contributed by atoms with Crippen molar-refractivity contribution in [1.29, 1.82) is 0 Å². The number of rotatable bonds is 1. The van der Waals surface area contributed by atoms with Crippen LogP contribution in [0.1, 0.15) is 36.3 Å². The number of halogens is 1. The van der Waals surface area contributed by atoms with Gasteiger partial charge in [-0.05, 0) is 43.0 Å². The van der Waals surface area contributed by atoms with Gasteiger partial charge in [-0.2, -0.15) is 0 Å². The first-order valence-electron chi connectivity index (χ1n) is 5.12. The molecule has 0 amide bonds. The molecule has 14 heavy (non-hydrogen) atoms. The van der Waals surface area contributed by atoms with Crippen molar-refractivity contribution in [3.8, 4) is 0 Å². The third-order valence-electron chi connectivity index (χ3n) is 3.11. The SMILES string of the molecule is Cc1cc(Cl)ccc1[C@H]1CCC[C@@H]1O. The minimum atomic E-state index is -0.158. The summed E-state index contributed by atoms with van der Waals surface area (Å²) in [5, 5.41) is 10.6. The Labute approximate surface area is 89.7 Å². The summed E-state index contributed by atoms with van der Waals surface area (Å²) in [7, 11) is 0. The summed E-state index contributed by atoms with van der Waals surface area (Å²) in [5.74, 6) is 0.326. The Morgan fingerprint density at radius 1 is 1.36 bits per heavy atom. The second-order valence-corrected chi connectivity index (χ2v) is 4.54. The van der Waals surface area contributed by atoms with Crippen molar-refractivity contribution in [1.82, 2.24) is 0 Å². The Balaban J connectivity index is 2.31. The smallest absolute Gasteiger partial charge is 0.0608 e. The fourth-order valence-electron chi connectivity index (χ4n) is 2.36. The Kier molecular flexibility index (Phi) is 2.80. The van der Waals surface area contributed by atoms with Crippen LogP contribution in [-0.2, 0) is 0 Å². The van der Waals surface area contributed by atoms with Gasteiger partial charge in [0, 0.05) is 10.9 Å². The average molecular weight is 211 g/mol. The molecule has 0 heterocycles. The minimum absolute atomic E-state index is 0.158. The summed E-state index contributed by atoms with van der Waals surface area (Å²) >= 11 is 5.90. The van der Waals surface area contributed by atoms with E-state index >= 15 is 0 Å². The summed E-state index contributed by atoms with van der Waals surface area (Å²) in [5.41, 5.74) is 2.46. The van der Waals surface area contributed by atoms with Crippen molar-refractivity contribution in [2.24, 2.45) is 0 Å². The Bertz CT molecular complexity index is 335. The zero-order chi connectivity index (χ0) is 10.1. The molecule has 1 aromatic carbocycles. The normalized spacial score (nSPS) is 26.8. The van der Waals surface area contributed by atoms with Crippen molar-refractivity contribution < 1.29 is 5.11 Å². The van der Waals surface area contributed by atoms with Gasteiger partial charge in [-0.3, -0.25) is 0 Å². The third-order valence-corrected chi connectivity index (χ3v) is 3.35. The Morgan fingerprint density at radius 3 is 2.71 bits per heavy atom. The summed E-state index contributed by atoms with van der Waals surface area (Å²) < 4.78 is 0. The van der Waals surface area contributed by atoms with E-state index in [1.54, 1.807) is 0 Å². The number of hydrogen-bond acceptors (Lipinski definition) is 1. The molecule has 0 bridgehead atoms. The standard InChI is InChI=1S/C12H15ClO/c1-8-7-9(13)5-6-10(8)11-3-2-4-12(11)14/h5-7,11-12,14H,2-4H2,1H3/t11-,12+/m1/s1. The molecule has 1 nitrogen and oxygen atoms in total. The van der Waals surface area contributed by atoms with Crippen molar-refractivity contribution >= 4 is 11.6 Å². The molecule has 1 aliphatic carbocycles. The number of aliphatic hydroxyl groups is 1. The highest BCUT2D eigenvalue weighted by molar-refractivity contribution is 6.30. The maximum Gasteiger partial charge on any atom is 0.0608 e. The monoisotopic (exact) mass is 210 g/mol. The van der Waals surface area contributed by atoms with E-state index in [0.717, 1.165) is 24.3 Å². The average Bonchev–Trinajstić information content (AvgIpc) is 2.52. The molecule has 0 spiro atoms. The van der Waals surface area contributed by atoms with E-state index in [1.165, 1.54) is 11.1 Å². The maximum absolute atomic E-state index is 9.80. The topological polar surface area (TPSA) is 20.2 Å². The highest BCUT2D eigenvalue weighted by Crippen LogP contribution is 2.36. The van der Waals surface area contributed by atoms with Crippen molar-refractivity contribution in [3.05, 3.63) is 34.3 Å². The van der Waals surface area contributed by atoms with Crippen molar-refractivity contribution in [2.45, 2.75) is 38.2 Å². The third kappa shape index (κ3) is 1.79. The predicted molar refractivity (Wildman–Crippen MR) is 58.8 cm³/mol. The molecule has 1 fully saturated rings. The lowest BCUT2D eigenvalue weighted by molar-refractivity contribution is 0.163. The van der Waals surface area contributed by atoms with Gasteiger partial charge in [0.15, 0.2) is 0 Å². The zero-order valence-electron chi connectivity index (χ0n) is 8.33. The van der Waals surface area contributed by atoms with Gasteiger partial charge in [0.2, 0.25) is 0 Å². The molecular formula is C12H15ClO. The molecule has 0 aliphatic heterocycles. The van der Waals surface area contributed by atoms with E-state index < -0.39 is 0 Å². The van der Waals surface area contributed by atoms with Gasteiger partial charge < -0.3 is 5.11 Å². The van der Waals surface area contributed by atoms with Crippen LogP contribution in [0.25, 0.3) is 0 Å². The fourth-order valence-corrected chi connectivity index (χ4v) is 2.59. The first-order valence-corrected chi connectivity index (χ1v) is 5.50. The van der Waals surface area contributed by atoms with Gasteiger partial charge in [-0.15, -0.1) is 0 Å². The predicted octanol–water partition coefficient (Wildman–Crippen LogP) is 3.28. The van der Waals surface area contributed by atoms with Gasteiger partial charge in [-0.25, -0.2) is 0 Å². The molecule has 0 radical (unpaired) electrons. The molecule has 1 saturated carbocycles. The van der Waals surface area contributed by atoms with E-state index in [4.69, 9.17) is 11.6 Å². The first-order chi connectivity index (χ1) is 6.68. The lowest BCUT2D eigenvalue weighted by Crippen LogP contribution is -2.12. The highest BCUT2D eigenvalue weighted by Gasteiger charge is 2.27. The van der Waals surface area contributed by atoms with E-state index in [9.17, 15) is 5.11 Å². The van der Waals surface area contributed by atoms with Crippen LogP contribution in [-0.4, -0.2) is 11.2 Å². The van der Waals surface area contributed by atoms with Crippen LogP contribution in [0, 0.1) is 6.92 Å². The summed E-state index contributed by atoms with van der Waals surface area (Å²) in [6, 6.07) is 5.94. The second kappa shape index (κ2) is 3.92. The molecule has 1 N–H and O–H groups in total. The quantitative estimate of drug-likeness (QED) is 0.755. The molecular weight excluding hydrogens is 196 g/mol. The van der Waals surface area contributed by atoms with Crippen LogP contribution >= 0.6 is 11.6 Å². The van der Waals surface area contributed by atoms with E-state index in [1.807, 2.05) is 12.1 Å². The Morgan fingerprint density at radius 2 is 2.14 bits per heavy atom. The summed E-state index contributed by atoms with van der Waals surface area (Å²) in [4.78, 5) is 0. The number of hydrogen-bond donors (Lipinski definition) is 1. The van der Waals surface area contributed by atoms with Crippen LogP contribution in [0.4, 0.5) is 0 Å². The second-order valence-electron chi connectivity index (χ2n) is 4.11. The molecule has 2 heteroatoms. The molecule has 1 aliphatic rings. The lowest BCUT2D eigenvalue weighted by Gasteiger charge is -2.17. The van der Waals surface area contributed by atoms with Crippen molar-refractivity contribution in [2.75, 3.05) is 0 Å². The van der Waals surface area contributed by atoms with E-state index in [-0.39, 0.29) is 6.10 Å². The van der Waals surface area contributed by atoms with Gasteiger partial charge in [-0.1, -0.05) is 24.1 Å². The van der Waals surface area contributed by atoms with Crippen LogP contribution in [0.2, 0.25) is 5.02 Å². The Hall–Kier alpha value is -0.530. The van der Waals surface area contributed by atoms with Crippen LogP contribution in [0.15, 0.2) is 18.2 Å². The van der Waals surface area contributed by atoms with Gasteiger partial charge in [0.05, 0.1) is 6.10 Å². The number of aryl methyl sites for hydroxylation is 1. The molecule has 0 unspecified atom stereocenters. The van der Waals surface area contributed by atoms with Crippen LogP contribution < -0.4 is 0 Å². The van der Waals surface area contributed by atoms with Gasteiger partial charge in [0.1, 0.15) is 0 Å². The molecule has 2 atom stereocenters. The van der Waals surface area contributed by atoms with Crippen LogP contribution in [0.3, 0.4) is 0 Å². The van der Waals surface area contributed by atoms with Crippen molar-refractivity contribution in [3.63, 3.8) is 0 Å². The summed E-state index contributed by atoms with van der Waals surface area (Å²) in [6.45, 7) is 2.06. The van der Waals surface area contributed by atoms with E-state index in [2.05, 4.69) is 13.0 Å². The fraction of sp³-hybridized carbons (Fsp3) is 0.500. The first kappa shape index (κ1) is 10.0. The molecule has 76 valence electrons. The molecule has 1 aromatic rings. The zero-order valence-corrected chi connectivity index (χ0v) is 9.09. The minimum Gasteiger partial charge on any atom is -0.392 e. The summed E-state index contributed by atoms with van der Waals surface area (Å²) in [6.07, 6.45) is 3.01. The van der Waals surface area contributed by atoms with Gasteiger partial charge in [0.25, 0.3) is 0 Å². The van der Waals surface area contributed by atoms with Gasteiger partial charge >= 0.3 is 0 Å². The number of aliphatic hydroxyl groups excluding tert-OH is 1. The largest absolute Gasteiger partial charge is 0.392 e. The van der Waals surface area contributed by atoms with Crippen LogP contribution in [0.5, 0.6) is 0 Å². The maximum atomic E-state index is 9.80. The lowest BCUT2D eigenvalue weighted by atomic mass is 9.92. The number of benzene rings is 1. The highest BCUT2D eigenvalue weighted by atomic mass is 35.5. The molecule has 0 aromatic heterocycles. The van der Waals surface area contributed by atoms with E-state index in [0.29, 0.717) is 5.92 Å².